The first kappa shape index (κ1) is 11.1. The molecule has 0 aromatic rings. The molecule has 0 aliphatic heterocycles. The Morgan fingerprint density at radius 2 is 2.33 bits per heavy atom. The number of aliphatic hydroxyl groups excluding tert-OH is 1. The maximum absolute atomic E-state index is 10.9. The summed E-state index contributed by atoms with van der Waals surface area (Å²) in [5, 5.41) is 11.2. The van der Waals surface area contributed by atoms with E-state index in [4.69, 9.17) is 9.84 Å². The van der Waals surface area contributed by atoms with Crippen LogP contribution in [0.3, 0.4) is 0 Å². The zero-order chi connectivity index (χ0) is 9.56. The Kier molecular flexibility index (Phi) is 5.32. The van der Waals surface area contributed by atoms with Gasteiger partial charge in [0.05, 0.1) is 6.61 Å². The number of hydrogen-bond donors (Lipinski definition) is 2. The summed E-state index contributed by atoms with van der Waals surface area (Å²) in [7, 11) is 0. The highest BCUT2D eigenvalue weighted by molar-refractivity contribution is 5.92. The van der Waals surface area contributed by atoms with Gasteiger partial charge in [-0.25, -0.2) is 0 Å². The van der Waals surface area contributed by atoms with E-state index < -0.39 is 12.3 Å². The highest BCUT2D eigenvalue weighted by Gasteiger charge is 2.07. The molecule has 2 N–H and O–H groups in total. The SMILES string of the molecule is C=C(C)C(=O)NC(O)OCCC. The van der Waals surface area contributed by atoms with Crippen molar-refractivity contribution in [1.82, 2.24) is 5.32 Å². The normalized spacial score (nSPS) is 12.2. The molecule has 0 fully saturated rings. The predicted octanol–water partition coefficient (Wildman–Crippen LogP) is 0.381. The molecule has 0 rings (SSSR count). The van der Waals surface area contributed by atoms with E-state index in [0.717, 1.165) is 6.42 Å². The van der Waals surface area contributed by atoms with Gasteiger partial charge < -0.3 is 15.2 Å². The summed E-state index contributed by atoms with van der Waals surface area (Å²) >= 11 is 0. The third-order valence-electron chi connectivity index (χ3n) is 1.12. The molecule has 1 unspecified atom stereocenters. The largest absolute Gasteiger partial charge is 0.351 e. The van der Waals surface area contributed by atoms with Crippen molar-refractivity contribution in [1.29, 1.82) is 0 Å². The lowest BCUT2D eigenvalue weighted by atomic mass is 10.3. The number of hydrogen-bond acceptors (Lipinski definition) is 3. The second-order valence-corrected chi connectivity index (χ2v) is 2.48. The zero-order valence-electron chi connectivity index (χ0n) is 7.46. The van der Waals surface area contributed by atoms with Gasteiger partial charge in [0.1, 0.15) is 0 Å². The summed E-state index contributed by atoms with van der Waals surface area (Å²) in [5.74, 6) is -0.404. The Morgan fingerprint density at radius 1 is 1.75 bits per heavy atom. The van der Waals surface area contributed by atoms with Crippen LogP contribution in [0.1, 0.15) is 20.3 Å². The molecule has 70 valence electrons. The van der Waals surface area contributed by atoms with Crippen LogP contribution in [-0.4, -0.2) is 24.0 Å². The van der Waals surface area contributed by atoms with Gasteiger partial charge in [-0.15, -0.1) is 0 Å². The smallest absolute Gasteiger partial charge is 0.250 e. The molecule has 1 amide bonds. The van der Waals surface area contributed by atoms with E-state index in [-0.39, 0.29) is 0 Å². The van der Waals surface area contributed by atoms with Gasteiger partial charge >= 0.3 is 0 Å². The van der Waals surface area contributed by atoms with E-state index in [1.165, 1.54) is 0 Å². The van der Waals surface area contributed by atoms with Crippen LogP contribution in [0, 0.1) is 0 Å². The molecule has 4 heteroatoms. The minimum atomic E-state index is -1.23. The van der Waals surface area contributed by atoms with E-state index in [1.807, 2.05) is 6.92 Å². The third kappa shape index (κ3) is 4.87. The van der Waals surface area contributed by atoms with E-state index >= 15 is 0 Å². The Balaban J connectivity index is 3.61. The van der Waals surface area contributed by atoms with Crippen LogP contribution < -0.4 is 5.32 Å². The van der Waals surface area contributed by atoms with Crippen LogP contribution in [0.5, 0.6) is 0 Å². The van der Waals surface area contributed by atoms with Crippen LogP contribution in [0.2, 0.25) is 0 Å². The molecule has 1 atom stereocenters. The molecule has 12 heavy (non-hydrogen) atoms. The third-order valence-corrected chi connectivity index (χ3v) is 1.12. The second kappa shape index (κ2) is 5.74. The monoisotopic (exact) mass is 173 g/mol. The Bertz CT molecular complexity index is 168. The van der Waals surface area contributed by atoms with Gasteiger partial charge in [0.2, 0.25) is 12.3 Å². The number of aliphatic hydroxyl groups is 1. The molecule has 0 bridgehead atoms. The van der Waals surface area contributed by atoms with Crippen molar-refractivity contribution in [2.45, 2.75) is 26.7 Å². The fourth-order valence-electron chi connectivity index (χ4n) is 0.506. The summed E-state index contributed by atoms with van der Waals surface area (Å²) in [5.41, 5.74) is 0.342. The fraction of sp³-hybridized carbons (Fsp3) is 0.625. The standard InChI is InChI=1S/C8H15NO3/c1-4-5-12-8(11)9-7(10)6(2)3/h8,11H,2,4-5H2,1,3H3,(H,9,10). The van der Waals surface area contributed by atoms with Crippen LogP contribution in [0.4, 0.5) is 0 Å². The van der Waals surface area contributed by atoms with Crippen molar-refractivity contribution < 1.29 is 14.6 Å². The number of carbonyl (C=O) groups excluding carboxylic acids is 1. The van der Waals surface area contributed by atoms with Crippen molar-refractivity contribution in [2.24, 2.45) is 0 Å². The average Bonchev–Trinajstić information content (AvgIpc) is 2.00. The quantitative estimate of drug-likeness (QED) is 0.467. The Labute approximate surface area is 72.2 Å². The zero-order valence-corrected chi connectivity index (χ0v) is 7.46. The maximum atomic E-state index is 10.9. The Hall–Kier alpha value is -0.870. The van der Waals surface area contributed by atoms with Gasteiger partial charge in [0.15, 0.2) is 0 Å². The lowest BCUT2D eigenvalue weighted by Gasteiger charge is -2.12. The highest BCUT2D eigenvalue weighted by Crippen LogP contribution is 1.90. The number of rotatable bonds is 5. The lowest BCUT2D eigenvalue weighted by molar-refractivity contribution is -0.144. The first-order valence-electron chi connectivity index (χ1n) is 3.84. The summed E-state index contributed by atoms with van der Waals surface area (Å²) in [6, 6.07) is 0. The molecule has 0 saturated carbocycles. The van der Waals surface area contributed by atoms with Crippen molar-refractivity contribution in [3.05, 3.63) is 12.2 Å². The number of amides is 1. The molecule has 0 spiro atoms. The molecule has 0 aliphatic rings. The minimum absolute atomic E-state index is 0.342. The van der Waals surface area contributed by atoms with E-state index in [0.29, 0.717) is 12.2 Å². The van der Waals surface area contributed by atoms with Crippen LogP contribution in [-0.2, 0) is 9.53 Å². The lowest BCUT2D eigenvalue weighted by Crippen LogP contribution is -2.37. The maximum Gasteiger partial charge on any atom is 0.250 e. The van der Waals surface area contributed by atoms with Crippen molar-refractivity contribution in [2.75, 3.05) is 6.61 Å². The Morgan fingerprint density at radius 3 is 2.75 bits per heavy atom. The molecule has 0 heterocycles. The first-order chi connectivity index (χ1) is 5.57. The highest BCUT2D eigenvalue weighted by atomic mass is 16.6. The molecule has 0 radical (unpaired) electrons. The minimum Gasteiger partial charge on any atom is -0.351 e. The summed E-state index contributed by atoms with van der Waals surface area (Å²) in [4.78, 5) is 10.9. The fourth-order valence-corrected chi connectivity index (χ4v) is 0.506. The number of nitrogens with one attached hydrogen (secondary N) is 1. The van der Waals surface area contributed by atoms with E-state index in [1.54, 1.807) is 6.92 Å². The van der Waals surface area contributed by atoms with Gasteiger partial charge in [0, 0.05) is 5.57 Å². The number of ether oxygens (including phenoxy) is 1. The molecular formula is C8H15NO3. The second-order valence-electron chi connectivity index (χ2n) is 2.48. The summed E-state index contributed by atoms with van der Waals surface area (Å²) < 4.78 is 4.79. The van der Waals surface area contributed by atoms with Gasteiger partial charge in [-0.2, -0.15) is 0 Å². The van der Waals surface area contributed by atoms with Gasteiger partial charge in [-0.3, -0.25) is 4.79 Å². The molecule has 0 saturated heterocycles. The first-order valence-corrected chi connectivity index (χ1v) is 3.84. The topological polar surface area (TPSA) is 58.6 Å². The van der Waals surface area contributed by atoms with E-state index in [2.05, 4.69) is 11.9 Å². The van der Waals surface area contributed by atoms with Gasteiger partial charge in [0.25, 0.3) is 0 Å². The van der Waals surface area contributed by atoms with Crippen molar-refractivity contribution in [3.63, 3.8) is 0 Å². The molecule has 0 aromatic heterocycles. The number of carbonyl (C=O) groups is 1. The van der Waals surface area contributed by atoms with Crippen LogP contribution in [0.25, 0.3) is 0 Å². The molecular weight excluding hydrogens is 158 g/mol. The van der Waals surface area contributed by atoms with Crippen molar-refractivity contribution >= 4 is 5.91 Å². The summed E-state index contributed by atoms with van der Waals surface area (Å²) in [6.45, 7) is 7.29. The van der Waals surface area contributed by atoms with Gasteiger partial charge in [-0.1, -0.05) is 13.5 Å². The van der Waals surface area contributed by atoms with E-state index in [9.17, 15) is 4.79 Å². The van der Waals surface area contributed by atoms with Gasteiger partial charge in [-0.05, 0) is 13.3 Å². The van der Waals surface area contributed by atoms with Crippen LogP contribution >= 0.6 is 0 Å². The molecule has 0 aromatic carbocycles. The summed E-state index contributed by atoms with van der Waals surface area (Å²) in [6.07, 6.45) is -0.436. The molecule has 0 aliphatic carbocycles. The average molecular weight is 173 g/mol. The molecule has 4 nitrogen and oxygen atoms in total. The predicted molar refractivity (Wildman–Crippen MR) is 45.2 cm³/mol. The van der Waals surface area contributed by atoms with Crippen molar-refractivity contribution in [3.8, 4) is 0 Å². The van der Waals surface area contributed by atoms with Crippen LogP contribution in [0.15, 0.2) is 12.2 Å².